The lowest BCUT2D eigenvalue weighted by Gasteiger charge is -2.15. The Morgan fingerprint density at radius 1 is 1.36 bits per heavy atom. The van der Waals surface area contributed by atoms with Crippen LogP contribution in [0.2, 0.25) is 5.02 Å². The van der Waals surface area contributed by atoms with Crippen molar-refractivity contribution in [3.05, 3.63) is 40.0 Å². The minimum atomic E-state index is -0.820. The number of esters is 1. The first-order valence-corrected chi connectivity index (χ1v) is 6.67. The topological polar surface area (TPSA) is 108 Å². The first-order chi connectivity index (χ1) is 10.4. The number of methoxy groups -OCH3 is 1. The second-order valence-electron chi connectivity index (χ2n) is 4.59. The number of pyridine rings is 1. The number of rotatable bonds is 3. The summed E-state index contributed by atoms with van der Waals surface area (Å²) in [7, 11) is 1.15. The SMILES string of the molecule is COC(=O)c1nc(C2=CC=C(C(N)=O)CC2)c(F)c(N)c1Cl. The van der Waals surface area contributed by atoms with Crippen LogP contribution in [-0.4, -0.2) is 24.0 Å². The zero-order valence-corrected chi connectivity index (χ0v) is 12.4. The number of halogens is 2. The predicted molar refractivity (Wildman–Crippen MR) is 79.4 cm³/mol. The van der Waals surface area contributed by atoms with Crippen molar-refractivity contribution in [2.75, 3.05) is 12.8 Å². The van der Waals surface area contributed by atoms with E-state index < -0.39 is 17.7 Å². The molecule has 8 heteroatoms. The van der Waals surface area contributed by atoms with E-state index in [-0.39, 0.29) is 22.1 Å². The Kier molecular flexibility index (Phi) is 4.46. The third kappa shape index (κ3) is 2.80. The summed E-state index contributed by atoms with van der Waals surface area (Å²) in [5.74, 6) is -2.17. The Balaban J connectivity index is 2.55. The van der Waals surface area contributed by atoms with E-state index in [4.69, 9.17) is 23.1 Å². The Bertz CT molecular complexity index is 729. The fourth-order valence-electron chi connectivity index (χ4n) is 2.05. The van der Waals surface area contributed by atoms with Crippen molar-refractivity contribution in [2.45, 2.75) is 12.8 Å². The third-order valence-corrected chi connectivity index (χ3v) is 3.64. The van der Waals surface area contributed by atoms with E-state index in [1.54, 1.807) is 0 Å². The number of aromatic nitrogens is 1. The van der Waals surface area contributed by atoms with Crippen LogP contribution in [0, 0.1) is 5.82 Å². The van der Waals surface area contributed by atoms with Gasteiger partial charge in [-0.1, -0.05) is 23.8 Å². The van der Waals surface area contributed by atoms with Crippen LogP contribution in [0.4, 0.5) is 10.1 Å². The van der Waals surface area contributed by atoms with Crippen molar-refractivity contribution in [3.63, 3.8) is 0 Å². The van der Waals surface area contributed by atoms with Gasteiger partial charge in [0.05, 0.1) is 17.8 Å². The number of ether oxygens (including phenoxy) is 1. The van der Waals surface area contributed by atoms with Gasteiger partial charge in [0.1, 0.15) is 5.69 Å². The molecule has 1 amide bonds. The molecule has 1 aromatic rings. The van der Waals surface area contributed by atoms with E-state index >= 15 is 0 Å². The summed E-state index contributed by atoms with van der Waals surface area (Å²) in [5, 5.41) is -0.294. The average Bonchev–Trinajstić information content (AvgIpc) is 2.52. The van der Waals surface area contributed by atoms with Crippen LogP contribution in [0.15, 0.2) is 17.7 Å². The van der Waals surface area contributed by atoms with Crippen molar-refractivity contribution in [2.24, 2.45) is 5.73 Å². The van der Waals surface area contributed by atoms with Crippen molar-refractivity contribution < 1.29 is 18.7 Å². The van der Waals surface area contributed by atoms with E-state index in [1.807, 2.05) is 0 Å². The van der Waals surface area contributed by atoms with Gasteiger partial charge in [-0.05, 0) is 18.4 Å². The van der Waals surface area contributed by atoms with Crippen LogP contribution in [-0.2, 0) is 9.53 Å². The van der Waals surface area contributed by atoms with E-state index in [1.165, 1.54) is 12.2 Å². The van der Waals surface area contributed by atoms with Gasteiger partial charge < -0.3 is 16.2 Å². The molecule has 2 rings (SSSR count). The van der Waals surface area contributed by atoms with E-state index in [0.717, 1.165) is 7.11 Å². The number of carbonyl (C=O) groups excluding carboxylic acids is 2. The Labute approximate surface area is 130 Å². The predicted octanol–water partition coefficient (Wildman–Crippen LogP) is 1.83. The number of primary amides is 1. The molecule has 1 aliphatic carbocycles. The van der Waals surface area contributed by atoms with E-state index in [2.05, 4.69) is 9.72 Å². The van der Waals surface area contributed by atoms with Crippen molar-refractivity contribution in [3.8, 4) is 0 Å². The van der Waals surface area contributed by atoms with Gasteiger partial charge in [0, 0.05) is 5.57 Å². The number of carbonyl (C=O) groups is 2. The smallest absolute Gasteiger partial charge is 0.358 e. The van der Waals surface area contributed by atoms with Crippen molar-refractivity contribution in [1.82, 2.24) is 4.98 Å². The van der Waals surface area contributed by atoms with Crippen molar-refractivity contribution >= 4 is 34.7 Å². The highest BCUT2D eigenvalue weighted by Crippen LogP contribution is 2.33. The normalized spacial score (nSPS) is 14.1. The van der Waals surface area contributed by atoms with Gasteiger partial charge in [-0.15, -0.1) is 0 Å². The number of nitrogens with two attached hydrogens (primary N) is 2. The van der Waals surface area contributed by atoms with Gasteiger partial charge in [0.2, 0.25) is 5.91 Å². The van der Waals surface area contributed by atoms with Crippen LogP contribution in [0.5, 0.6) is 0 Å². The molecule has 0 saturated carbocycles. The van der Waals surface area contributed by atoms with Crippen molar-refractivity contribution in [1.29, 1.82) is 0 Å². The second kappa shape index (κ2) is 6.15. The van der Waals surface area contributed by atoms with Gasteiger partial charge in [-0.25, -0.2) is 14.2 Å². The highest BCUT2D eigenvalue weighted by molar-refractivity contribution is 6.35. The maximum Gasteiger partial charge on any atom is 0.358 e. The Morgan fingerprint density at radius 3 is 2.55 bits per heavy atom. The number of hydrogen-bond donors (Lipinski definition) is 2. The molecule has 1 aromatic heterocycles. The minimum absolute atomic E-state index is 0.0953. The van der Waals surface area contributed by atoms with Gasteiger partial charge >= 0.3 is 5.97 Å². The maximum absolute atomic E-state index is 14.3. The largest absolute Gasteiger partial charge is 0.464 e. The lowest BCUT2D eigenvalue weighted by Crippen LogP contribution is -2.16. The minimum Gasteiger partial charge on any atom is -0.464 e. The molecule has 0 unspecified atom stereocenters. The van der Waals surface area contributed by atoms with Crippen LogP contribution < -0.4 is 11.5 Å². The number of anilines is 1. The molecular weight excluding hydrogens is 313 g/mol. The van der Waals surface area contributed by atoms with E-state index in [9.17, 15) is 14.0 Å². The first-order valence-electron chi connectivity index (χ1n) is 6.29. The zero-order valence-electron chi connectivity index (χ0n) is 11.7. The van der Waals surface area contributed by atoms with Crippen LogP contribution >= 0.6 is 11.6 Å². The van der Waals surface area contributed by atoms with Gasteiger partial charge in [-0.3, -0.25) is 4.79 Å². The molecule has 0 atom stereocenters. The maximum atomic E-state index is 14.3. The third-order valence-electron chi connectivity index (χ3n) is 3.26. The van der Waals surface area contributed by atoms with Gasteiger partial charge in [0.25, 0.3) is 0 Å². The van der Waals surface area contributed by atoms with Gasteiger partial charge in [0.15, 0.2) is 11.5 Å². The Morgan fingerprint density at radius 2 is 2.05 bits per heavy atom. The van der Waals surface area contributed by atoms with Crippen LogP contribution in [0.1, 0.15) is 29.0 Å². The quantitative estimate of drug-likeness (QED) is 0.824. The number of amides is 1. The summed E-state index contributed by atoms with van der Waals surface area (Å²) < 4.78 is 18.8. The summed E-state index contributed by atoms with van der Waals surface area (Å²) in [6.45, 7) is 0. The standard InChI is InChI=1S/C14H13ClFN3O3/c1-22-14(21)12-8(15)10(17)9(16)11(19-12)6-2-4-7(5-3-6)13(18)20/h2,4H,3,5H2,1H3,(H2,17,19)(H2,18,20). The summed E-state index contributed by atoms with van der Waals surface area (Å²) in [6, 6.07) is 0. The molecule has 0 aromatic carbocycles. The summed E-state index contributed by atoms with van der Waals surface area (Å²) in [4.78, 5) is 26.6. The molecule has 116 valence electrons. The molecule has 0 radical (unpaired) electrons. The van der Waals surface area contributed by atoms with E-state index in [0.29, 0.717) is 24.0 Å². The lowest BCUT2D eigenvalue weighted by atomic mass is 9.95. The molecule has 1 aliphatic rings. The molecule has 4 N–H and O–H groups in total. The van der Waals surface area contributed by atoms with Gasteiger partial charge in [-0.2, -0.15) is 0 Å². The highest BCUT2D eigenvalue weighted by atomic mass is 35.5. The van der Waals surface area contributed by atoms with Crippen LogP contribution in [0.25, 0.3) is 5.57 Å². The molecule has 1 heterocycles. The lowest BCUT2D eigenvalue weighted by molar-refractivity contribution is -0.114. The fourth-order valence-corrected chi connectivity index (χ4v) is 2.25. The Hall–Kier alpha value is -2.41. The average molecular weight is 326 g/mol. The monoisotopic (exact) mass is 325 g/mol. The molecule has 0 spiro atoms. The molecule has 22 heavy (non-hydrogen) atoms. The zero-order chi connectivity index (χ0) is 16.4. The number of nitrogens with zero attached hydrogens (tertiary/aromatic N) is 1. The molecule has 0 aliphatic heterocycles. The fraction of sp³-hybridized carbons (Fsp3) is 0.214. The second-order valence-corrected chi connectivity index (χ2v) is 4.97. The van der Waals surface area contributed by atoms with Crippen LogP contribution in [0.3, 0.4) is 0 Å². The molecule has 6 nitrogen and oxygen atoms in total. The highest BCUT2D eigenvalue weighted by Gasteiger charge is 2.24. The molecule has 0 bridgehead atoms. The number of hydrogen-bond acceptors (Lipinski definition) is 5. The first kappa shape index (κ1) is 16.0. The number of nitrogen functional groups attached to an aromatic ring is 1. The summed E-state index contributed by atoms with van der Waals surface area (Å²) in [6.07, 6.45) is 3.69. The molecular formula is C14H13ClFN3O3. The molecule has 0 fully saturated rings. The number of allylic oxidation sites excluding steroid dienone is 3. The molecule has 0 saturated heterocycles. The summed E-state index contributed by atoms with van der Waals surface area (Å²) >= 11 is 5.83. The summed E-state index contributed by atoms with van der Waals surface area (Å²) in [5.41, 5.74) is 10.9.